The molecular weight excluding hydrogens is 377 g/mol. The van der Waals surface area contributed by atoms with E-state index in [4.69, 9.17) is 32.4 Å². The fourth-order valence-electron chi connectivity index (χ4n) is 2.30. The summed E-state index contributed by atoms with van der Waals surface area (Å²) >= 11 is 12.0. The lowest BCUT2D eigenvalue weighted by Crippen LogP contribution is -2.15. The Morgan fingerprint density at radius 2 is 2.00 bits per heavy atom. The van der Waals surface area contributed by atoms with E-state index in [0.717, 1.165) is 0 Å². The zero-order valence-corrected chi connectivity index (χ0v) is 15.1. The number of benzene rings is 2. The lowest BCUT2D eigenvalue weighted by atomic mass is 10.2. The molecule has 26 heavy (non-hydrogen) atoms. The Kier molecular flexibility index (Phi) is 5.30. The van der Waals surface area contributed by atoms with Gasteiger partial charge in [-0.1, -0.05) is 35.3 Å². The fourth-order valence-corrected chi connectivity index (χ4v) is 2.68. The molecule has 0 aliphatic rings. The van der Waals surface area contributed by atoms with Gasteiger partial charge in [-0.15, -0.1) is 0 Å². The van der Waals surface area contributed by atoms with Crippen LogP contribution in [0.4, 0.5) is 5.69 Å². The molecule has 0 saturated heterocycles. The molecule has 1 heterocycles. The molecule has 3 rings (SSSR count). The largest absolute Gasteiger partial charge is 0.497 e. The van der Waals surface area contributed by atoms with Gasteiger partial charge in [-0.25, -0.2) is 4.79 Å². The number of nitrogens with one attached hydrogen (secondary N) is 1. The highest BCUT2D eigenvalue weighted by molar-refractivity contribution is 6.42. The summed E-state index contributed by atoms with van der Waals surface area (Å²) < 4.78 is 10.3. The summed E-state index contributed by atoms with van der Waals surface area (Å²) in [5.74, 6) is 0.106. The summed E-state index contributed by atoms with van der Waals surface area (Å²) in [7, 11) is 1.54. The predicted molar refractivity (Wildman–Crippen MR) is 103 cm³/mol. The molecule has 0 radical (unpaired) electrons. The molecule has 5 nitrogen and oxygen atoms in total. The van der Waals surface area contributed by atoms with Crippen LogP contribution in [0.25, 0.3) is 17.0 Å². The van der Waals surface area contributed by atoms with Gasteiger partial charge in [0.15, 0.2) is 0 Å². The summed E-state index contributed by atoms with van der Waals surface area (Å²) in [5, 5.41) is 3.85. The second kappa shape index (κ2) is 7.64. The molecule has 7 heteroatoms. The fraction of sp³-hybridized carbons (Fsp3) is 0.0526. The lowest BCUT2D eigenvalue weighted by molar-refractivity contribution is -0.111. The second-order valence-corrected chi connectivity index (χ2v) is 6.10. The molecule has 1 aromatic heterocycles. The topological polar surface area (TPSA) is 68.5 Å². The Morgan fingerprint density at radius 3 is 2.77 bits per heavy atom. The first-order valence-corrected chi connectivity index (χ1v) is 8.28. The minimum Gasteiger partial charge on any atom is -0.497 e. The van der Waals surface area contributed by atoms with Crippen LogP contribution in [0.2, 0.25) is 10.0 Å². The lowest BCUT2D eigenvalue weighted by Gasteiger charge is -2.05. The van der Waals surface area contributed by atoms with Crippen LogP contribution < -0.4 is 15.7 Å². The van der Waals surface area contributed by atoms with Crippen LogP contribution in [0.3, 0.4) is 0 Å². The van der Waals surface area contributed by atoms with Gasteiger partial charge in [0.1, 0.15) is 17.0 Å². The van der Waals surface area contributed by atoms with Crippen molar-refractivity contribution in [2.45, 2.75) is 0 Å². The van der Waals surface area contributed by atoms with Gasteiger partial charge in [0.2, 0.25) is 5.91 Å². The number of carbonyl (C=O) groups excluding carboxylic acids is 1. The third-order valence-electron chi connectivity index (χ3n) is 3.59. The van der Waals surface area contributed by atoms with Crippen molar-refractivity contribution in [2.24, 2.45) is 0 Å². The van der Waals surface area contributed by atoms with Gasteiger partial charge >= 0.3 is 5.63 Å². The molecule has 0 aliphatic carbocycles. The zero-order valence-electron chi connectivity index (χ0n) is 13.6. The molecule has 0 unspecified atom stereocenters. The van der Waals surface area contributed by atoms with Crippen molar-refractivity contribution in [3.05, 3.63) is 74.6 Å². The number of hydrogen-bond donors (Lipinski definition) is 1. The molecule has 0 aliphatic heterocycles. The zero-order chi connectivity index (χ0) is 18.7. The van der Waals surface area contributed by atoms with E-state index in [-0.39, 0.29) is 5.69 Å². The molecule has 132 valence electrons. The molecule has 3 aromatic rings. The summed E-state index contributed by atoms with van der Waals surface area (Å²) in [6, 6.07) is 11.6. The van der Waals surface area contributed by atoms with Gasteiger partial charge in [0, 0.05) is 11.5 Å². The van der Waals surface area contributed by atoms with E-state index in [1.165, 1.54) is 25.3 Å². The Labute approximate surface area is 158 Å². The summed E-state index contributed by atoms with van der Waals surface area (Å²) in [4.78, 5) is 24.1. The second-order valence-electron chi connectivity index (χ2n) is 5.32. The van der Waals surface area contributed by atoms with E-state index in [2.05, 4.69) is 5.32 Å². The van der Waals surface area contributed by atoms with Crippen molar-refractivity contribution >= 4 is 51.8 Å². The molecule has 0 spiro atoms. The Balaban J connectivity index is 1.84. The van der Waals surface area contributed by atoms with Gasteiger partial charge in [0.25, 0.3) is 0 Å². The molecule has 0 atom stereocenters. The molecule has 0 bridgehead atoms. The van der Waals surface area contributed by atoms with Crippen LogP contribution in [-0.4, -0.2) is 13.0 Å². The Hall–Kier alpha value is -2.76. The molecule has 1 N–H and O–H groups in total. The number of carbonyl (C=O) groups is 1. The monoisotopic (exact) mass is 389 g/mol. The third kappa shape index (κ3) is 3.90. The van der Waals surface area contributed by atoms with Gasteiger partial charge in [0.05, 0.1) is 17.2 Å². The SMILES string of the molecule is COc1ccc2oc(=O)c(NC(=O)/C=C/c3cccc(Cl)c3Cl)cc2c1. The van der Waals surface area contributed by atoms with Gasteiger partial charge in [-0.3, -0.25) is 4.79 Å². The van der Waals surface area contributed by atoms with E-state index < -0.39 is 11.5 Å². The van der Waals surface area contributed by atoms with Gasteiger partial charge in [-0.2, -0.15) is 0 Å². The van der Waals surface area contributed by atoms with Crippen LogP contribution in [0, 0.1) is 0 Å². The number of halogens is 2. The molecular formula is C19H13Cl2NO4. The first kappa shape index (κ1) is 18.0. The Morgan fingerprint density at radius 1 is 1.19 bits per heavy atom. The number of fused-ring (bicyclic) bond motifs is 1. The van der Waals surface area contributed by atoms with Crippen LogP contribution >= 0.6 is 23.2 Å². The number of amides is 1. The number of methoxy groups -OCH3 is 1. The molecule has 0 saturated carbocycles. The summed E-state index contributed by atoms with van der Waals surface area (Å²) in [6.45, 7) is 0. The van der Waals surface area contributed by atoms with Crippen LogP contribution in [0.1, 0.15) is 5.56 Å². The quantitative estimate of drug-likeness (QED) is 0.515. The van der Waals surface area contributed by atoms with E-state index >= 15 is 0 Å². The predicted octanol–water partition coefficient (Wildman–Crippen LogP) is 4.76. The van der Waals surface area contributed by atoms with Crippen LogP contribution in [-0.2, 0) is 4.79 Å². The standard InChI is InChI=1S/C19H13Cl2NO4/c1-25-13-6-7-16-12(9-13)10-15(19(24)26-16)22-17(23)8-5-11-3-2-4-14(20)18(11)21/h2-10H,1H3,(H,22,23)/b8-5+. The highest BCUT2D eigenvalue weighted by atomic mass is 35.5. The van der Waals surface area contributed by atoms with E-state index in [1.54, 1.807) is 36.4 Å². The van der Waals surface area contributed by atoms with Crippen molar-refractivity contribution in [3.8, 4) is 5.75 Å². The van der Waals surface area contributed by atoms with Crippen LogP contribution in [0.15, 0.2) is 57.8 Å². The van der Waals surface area contributed by atoms with Gasteiger partial charge < -0.3 is 14.5 Å². The maximum Gasteiger partial charge on any atom is 0.360 e. The maximum absolute atomic E-state index is 12.1. The number of anilines is 1. The maximum atomic E-state index is 12.1. The van der Waals surface area contributed by atoms with Crippen molar-refractivity contribution in [2.75, 3.05) is 12.4 Å². The van der Waals surface area contributed by atoms with Gasteiger partial charge in [-0.05, 0) is 42.0 Å². The summed E-state index contributed by atoms with van der Waals surface area (Å²) in [5.41, 5.74) is 0.363. The average Bonchev–Trinajstić information content (AvgIpc) is 2.63. The highest BCUT2D eigenvalue weighted by Gasteiger charge is 2.09. The number of ether oxygens (including phenoxy) is 1. The average molecular weight is 390 g/mol. The molecule has 1 amide bonds. The van der Waals surface area contributed by atoms with E-state index in [0.29, 0.717) is 32.3 Å². The van der Waals surface area contributed by atoms with E-state index in [1.807, 2.05) is 0 Å². The molecule has 0 fully saturated rings. The first-order valence-electron chi connectivity index (χ1n) is 7.53. The minimum absolute atomic E-state index is 0.0256. The highest BCUT2D eigenvalue weighted by Crippen LogP contribution is 2.26. The number of rotatable bonds is 4. The molecule has 2 aromatic carbocycles. The normalized spacial score (nSPS) is 11.0. The van der Waals surface area contributed by atoms with E-state index in [9.17, 15) is 9.59 Å². The van der Waals surface area contributed by atoms with Crippen molar-refractivity contribution in [1.82, 2.24) is 0 Å². The van der Waals surface area contributed by atoms with Crippen molar-refractivity contribution < 1.29 is 13.9 Å². The van der Waals surface area contributed by atoms with Crippen LogP contribution in [0.5, 0.6) is 5.75 Å². The third-order valence-corrected chi connectivity index (χ3v) is 4.43. The van der Waals surface area contributed by atoms with Crippen molar-refractivity contribution in [1.29, 1.82) is 0 Å². The minimum atomic E-state index is -0.648. The number of hydrogen-bond acceptors (Lipinski definition) is 4. The smallest absolute Gasteiger partial charge is 0.360 e. The first-order chi connectivity index (χ1) is 12.5. The summed E-state index contributed by atoms with van der Waals surface area (Å²) in [6.07, 6.45) is 2.77. The van der Waals surface area contributed by atoms with Crippen molar-refractivity contribution in [3.63, 3.8) is 0 Å². The Bertz CT molecular complexity index is 1070.